The average Bonchev–Trinajstić information content (AvgIpc) is 2.74. The molecule has 0 aliphatic carbocycles. The van der Waals surface area contributed by atoms with Crippen molar-refractivity contribution >= 4 is 22.4 Å². The Morgan fingerprint density at radius 2 is 1.85 bits per heavy atom. The van der Waals surface area contributed by atoms with Crippen LogP contribution in [0, 0.1) is 19.8 Å². The highest BCUT2D eigenvalue weighted by Gasteiger charge is 2.11. The Bertz CT molecular complexity index is 599. The second kappa shape index (κ2) is 6.13. The summed E-state index contributed by atoms with van der Waals surface area (Å²) in [7, 11) is 0. The molecule has 0 unspecified atom stereocenters. The van der Waals surface area contributed by atoms with Crippen LogP contribution < -0.4 is 5.32 Å². The predicted octanol–water partition coefficient (Wildman–Crippen LogP) is 3.61. The Morgan fingerprint density at radius 3 is 2.45 bits per heavy atom. The number of amides is 1. The molecule has 0 radical (unpaired) electrons. The van der Waals surface area contributed by atoms with Gasteiger partial charge in [0.1, 0.15) is 5.01 Å². The Labute approximate surface area is 123 Å². The van der Waals surface area contributed by atoms with Gasteiger partial charge in [0.05, 0.1) is 0 Å². The molecular formula is C15H19N3OS. The van der Waals surface area contributed by atoms with Crippen LogP contribution in [0.3, 0.4) is 0 Å². The maximum Gasteiger partial charge on any atom is 0.257 e. The zero-order chi connectivity index (χ0) is 14.7. The number of hydrogen-bond donors (Lipinski definition) is 1. The lowest BCUT2D eigenvalue weighted by atomic mass is 10.1. The summed E-state index contributed by atoms with van der Waals surface area (Å²) in [6.07, 6.45) is 0.886. The van der Waals surface area contributed by atoms with Crippen LogP contribution in [0.1, 0.15) is 40.3 Å². The zero-order valence-corrected chi connectivity index (χ0v) is 13.0. The molecule has 2 aromatic rings. The number of aromatic nitrogens is 2. The van der Waals surface area contributed by atoms with Crippen LogP contribution in [0.2, 0.25) is 0 Å². The molecule has 106 valence electrons. The normalized spacial score (nSPS) is 10.8. The van der Waals surface area contributed by atoms with E-state index < -0.39 is 0 Å². The molecule has 1 aromatic heterocycles. The molecule has 0 spiro atoms. The van der Waals surface area contributed by atoms with Crippen molar-refractivity contribution in [1.29, 1.82) is 0 Å². The fourth-order valence-electron chi connectivity index (χ4n) is 2.01. The van der Waals surface area contributed by atoms with E-state index in [9.17, 15) is 4.79 Å². The van der Waals surface area contributed by atoms with Crippen molar-refractivity contribution in [3.05, 3.63) is 39.9 Å². The minimum atomic E-state index is -0.135. The topological polar surface area (TPSA) is 54.9 Å². The van der Waals surface area contributed by atoms with Crippen molar-refractivity contribution in [3.8, 4) is 0 Å². The van der Waals surface area contributed by atoms with Gasteiger partial charge in [-0.2, -0.15) is 0 Å². The third-order valence-electron chi connectivity index (χ3n) is 2.75. The van der Waals surface area contributed by atoms with Crippen LogP contribution in [0.5, 0.6) is 0 Å². The van der Waals surface area contributed by atoms with Gasteiger partial charge in [-0.1, -0.05) is 42.4 Å². The van der Waals surface area contributed by atoms with Crippen molar-refractivity contribution in [1.82, 2.24) is 10.2 Å². The fourth-order valence-corrected chi connectivity index (χ4v) is 2.96. The minimum absolute atomic E-state index is 0.135. The molecule has 0 fully saturated rings. The minimum Gasteiger partial charge on any atom is -0.296 e. The number of carbonyl (C=O) groups is 1. The summed E-state index contributed by atoms with van der Waals surface area (Å²) in [5.41, 5.74) is 2.81. The lowest BCUT2D eigenvalue weighted by Crippen LogP contribution is -2.12. The van der Waals surface area contributed by atoms with Gasteiger partial charge >= 0.3 is 0 Å². The molecule has 1 amide bonds. The highest BCUT2D eigenvalue weighted by atomic mass is 32.1. The quantitative estimate of drug-likeness (QED) is 0.935. The second-order valence-electron chi connectivity index (χ2n) is 5.43. The van der Waals surface area contributed by atoms with Crippen LogP contribution >= 0.6 is 11.3 Å². The first kappa shape index (κ1) is 14.7. The molecule has 20 heavy (non-hydrogen) atoms. The van der Waals surface area contributed by atoms with Crippen LogP contribution in [0.25, 0.3) is 0 Å². The van der Waals surface area contributed by atoms with Gasteiger partial charge < -0.3 is 0 Å². The van der Waals surface area contributed by atoms with Crippen molar-refractivity contribution < 1.29 is 4.79 Å². The van der Waals surface area contributed by atoms with E-state index >= 15 is 0 Å². The number of aryl methyl sites for hydroxylation is 2. The van der Waals surface area contributed by atoms with E-state index in [1.807, 2.05) is 32.0 Å². The number of hydrogen-bond acceptors (Lipinski definition) is 4. The molecule has 0 bridgehead atoms. The standard InChI is InChI=1S/C15H19N3OS/c1-9(2)5-13-17-18-15(20-13)16-14(19)12-7-10(3)6-11(4)8-12/h6-9H,5H2,1-4H3,(H,16,18,19). The fraction of sp³-hybridized carbons (Fsp3) is 0.400. The number of nitrogens with one attached hydrogen (secondary N) is 1. The molecule has 4 nitrogen and oxygen atoms in total. The molecule has 5 heteroatoms. The molecular weight excluding hydrogens is 270 g/mol. The molecule has 0 aliphatic rings. The highest BCUT2D eigenvalue weighted by Crippen LogP contribution is 2.19. The van der Waals surface area contributed by atoms with E-state index in [0.717, 1.165) is 22.6 Å². The molecule has 0 aliphatic heterocycles. The summed E-state index contributed by atoms with van der Waals surface area (Å²) in [4.78, 5) is 12.2. The number of rotatable bonds is 4. The van der Waals surface area contributed by atoms with E-state index in [0.29, 0.717) is 16.6 Å². The summed E-state index contributed by atoms with van der Waals surface area (Å²) < 4.78 is 0. The Kier molecular flexibility index (Phi) is 4.49. The van der Waals surface area contributed by atoms with Crippen molar-refractivity contribution in [2.75, 3.05) is 5.32 Å². The van der Waals surface area contributed by atoms with E-state index in [1.165, 1.54) is 11.3 Å². The molecule has 2 rings (SSSR count). The van der Waals surface area contributed by atoms with Gasteiger partial charge in [0.15, 0.2) is 0 Å². The van der Waals surface area contributed by atoms with Gasteiger partial charge in [0.25, 0.3) is 5.91 Å². The van der Waals surface area contributed by atoms with E-state index in [1.54, 1.807) is 0 Å². The van der Waals surface area contributed by atoms with Gasteiger partial charge in [-0.25, -0.2) is 0 Å². The smallest absolute Gasteiger partial charge is 0.257 e. The Hall–Kier alpha value is -1.75. The van der Waals surface area contributed by atoms with Crippen molar-refractivity contribution in [2.45, 2.75) is 34.1 Å². The zero-order valence-electron chi connectivity index (χ0n) is 12.2. The van der Waals surface area contributed by atoms with Crippen molar-refractivity contribution in [2.24, 2.45) is 5.92 Å². The Morgan fingerprint density at radius 1 is 1.20 bits per heavy atom. The Balaban J connectivity index is 2.09. The van der Waals surface area contributed by atoms with E-state index in [4.69, 9.17) is 0 Å². The third kappa shape index (κ3) is 3.87. The first-order valence-electron chi connectivity index (χ1n) is 6.66. The number of anilines is 1. The second-order valence-corrected chi connectivity index (χ2v) is 6.49. The lowest BCUT2D eigenvalue weighted by molar-refractivity contribution is 0.102. The number of benzene rings is 1. The van der Waals surface area contributed by atoms with E-state index in [2.05, 4.69) is 29.4 Å². The van der Waals surface area contributed by atoms with E-state index in [-0.39, 0.29) is 5.91 Å². The summed E-state index contributed by atoms with van der Waals surface area (Å²) in [6.45, 7) is 8.23. The summed E-state index contributed by atoms with van der Waals surface area (Å²) in [5.74, 6) is 0.398. The first-order valence-corrected chi connectivity index (χ1v) is 7.47. The number of nitrogens with zero attached hydrogens (tertiary/aromatic N) is 2. The first-order chi connectivity index (χ1) is 9.44. The predicted molar refractivity (Wildman–Crippen MR) is 82.3 cm³/mol. The third-order valence-corrected chi connectivity index (χ3v) is 3.62. The van der Waals surface area contributed by atoms with Gasteiger partial charge in [-0.05, 0) is 31.9 Å². The molecule has 0 saturated heterocycles. The van der Waals surface area contributed by atoms with Gasteiger partial charge in [-0.3, -0.25) is 10.1 Å². The average molecular weight is 289 g/mol. The van der Waals surface area contributed by atoms with Crippen molar-refractivity contribution in [3.63, 3.8) is 0 Å². The van der Waals surface area contributed by atoms with Gasteiger partial charge in [0.2, 0.25) is 5.13 Å². The SMILES string of the molecule is Cc1cc(C)cc(C(=O)Nc2nnc(CC(C)C)s2)c1. The maximum atomic E-state index is 12.2. The maximum absolute atomic E-state index is 12.2. The molecule has 0 atom stereocenters. The monoisotopic (exact) mass is 289 g/mol. The molecule has 1 heterocycles. The van der Waals surface area contributed by atoms with Crippen LogP contribution in [0.4, 0.5) is 5.13 Å². The highest BCUT2D eigenvalue weighted by molar-refractivity contribution is 7.15. The van der Waals surface area contributed by atoms with Gasteiger partial charge in [-0.15, -0.1) is 10.2 Å². The molecule has 1 N–H and O–H groups in total. The van der Waals surface area contributed by atoms with Crippen LogP contribution in [-0.2, 0) is 6.42 Å². The lowest BCUT2D eigenvalue weighted by Gasteiger charge is -2.04. The summed E-state index contributed by atoms with van der Waals surface area (Å²) in [6, 6.07) is 5.79. The summed E-state index contributed by atoms with van der Waals surface area (Å²) >= 11 is 1.44. The van der Waals surface area contributed by atoms with Crippen LogP contribution in [0.15, 0.2) is 18.2 Å². The van der Waals surface area contributed by atoms with Gasteiger partial charge in [0, 0.05) is 12.0 Å². The summed E-state index contributed by atoms with van der Waals surface area (Å²) in [5, 5.41) is 12.4. The number of carbonyl (C=O) groups excluding carboxylic acids is 1. The largest absolute Gasteiger partial charge is 0.296 e. The molecule has 1 aromatic carbocycles. The molecule has 0 saturated carbocycles. The van der Waals surface area contributed by atoms with Crippen LogP contribution in [-0.4, -0.2) is 16.1 Å².